The lowest BCUT2D eigenvalue weighted by molar-refractivity contribution is 0.372. The van der Waals surface area contributed by atoms with Gasteiger partial charge in [0.1, 0.15) is 6.67 Å². The van der Waals surface area contributed by atoms with Crippen molar-refractivity contribution in [2.75, 3.05) is 13.2 Å². The molecule has 0 aliphatic carbocycles. The van der Waals surface area contributed by atoms with E-state index in [0.717, 1.165) is 13.2 Å². The molecule has 0 saturated heterocycles. The predicted octanol–water partition coefficient (Wildman–Crippen LogP) is 1.37. The van der Waals surface area contributed by atoms with Crippen LogP contribution in [0.4, 0.5) is 0 Å². The van der Waals surface area contributed by atoms with E-state index in [0.29, 0.717) is 0 Å². The molecule has 0 N–H and O–H groups in total. The third-order valence-electron chi connectivity index (χ3n) is 1.12. The van der Waals surface area contributed by atoms with Gasteiger partial charge in [0.25, 0.3) is 0 Å². The third kappa shape index (κ3) is 1.64. The molecule has 0 saturated carbocycles. The van der Waals surface area contributed by atoms with Crippen LogP contribution in [0.1, 0.15) is 0 Å². The average Bonchev–Trinajstić information content (AvgIpc) is 2.17. The molecule has 0 aromatic rings. The number of nitrogens with zero attached hydrogens (tertiary/aromatic N) is 2. The molecule has 2 nitrogen and oxygen atoms in total. The molecule has 0 amide bonds. The molecule has 50 valence electrons. The van der Waals surface area contributed by atoms with E-state index in [1.165, 1.54) is 0 Å². The van der Waals surface area contributed by atoms with E-state index in [-0.39, 0.29) is 0 Å². The fourth-order valence-electron chi connectivity index (χ4n) is 0.719. The minimum absolute atomic E-state index is 0.758. The van der Waals surface area contributed by atoms with Crippen LogP contribution in [0.5, 0.6) is 0 Å². The van der Waals surface area contributed by atoms with Gasteiger partial charge in [0.15, 0.2) is 0 Å². The highest BCUT2D eigenvalue weighted by Crippen LogP contribution is 2.07. The Morgan fingerprint density at radius 3 is 2.89 bits per heavy atom. The van der Waals surface area contributed by atoms with Crippen LogP contribution >= 0.6 is 11.8 Å². The maximum Gasteiger partial charge on any atom is 0.105 e. The first-order valence-electron chi connectivity index (χ1n) is 2.78. The van der Waals surface area contributed by atoms with E-state index < -0.39 is 0 Å². The van der Waals surface area contributed by atoms with Gasteiger partial charge in [0, 0.05) is 30.7 Å². The Kier molecular flexibility index (Phi) is 2.01. The molecule has 3 heteroatoms. The van der Waals surface area contributed by atoms with Crippen LogP contribution in [0.3, 0.4) is 0 Å². The summed E-state index contributed by atoms with van der Waals surface area (Å²) in [6, 6.07) is 0. The van der Waals surface area contributed by atoms with Gasteiger partial charge in [-0.05, 0) is 0 Å². The van der Waals surface area contributed by atoms with E-state index >= 15 is 0 Å². The molecule has 1 rings (SSSR count). The fraction of sp³-hybridized carbons (Fsp3) is 0.333. The Balaban J connectivity index is 2.31. The summed E-state index contributed by atoms with van der Waals surface area (Å²) in [5.74, 6) is 0. The third-order valence-corrected chi connectivity index (χ3v) is 1.34. The topological polar surface area (TPSA) is 6.48 Å². The molecule has 9 heavy (non-hydrogen) atoms. The summed E-state index contributed by atoms with van der Waals surface area (Å²) >= 11 is 5.61. The summed E-state index contributed by atoms with van der Waals surface area (Å²) in [4.78, 5) is 2.06. The average molecular weight is 145 g/mol. The van der Waals surface area contributed by atoms with Gasteiger partial charge in [-0.3, -0.25) is 4.42 Å². The maximum absolute atomic E-state index is 5.61. The van der Waals surface area contributed by atoms with E-state index in [9.17, 15) is 0 Å². The first kappa shape index (κ1) is 6.49. The lowest BCUT2D eigenvalue weighted by Crippen LogP contribution is -2.19. The minimum atomic E-state index is 0.758. The highest BCUT2D eigenvalue weighted by Gasteiger charge is 2.06. The highest BCUT2D eigenvalue weighted by atomic mass is 35.5. The van der Waals surface area contributed by atoms with E-state index in [1.807, 2.05) is 18.5 Å². The van der Waals surface area contributed by atoms with Crippen LogP contribution in [-0.4, -0.2) is 22.5 Å². The van der Waals surface area contributed by atoms with Gasteiger partial charge < -0.3 is 4.90 Å². The molecule has 0 unspecified atom stereocenters. The van der Waals surface area contributed by atoms with Crippen molar-refractivity contribution in [1.29, 1.82) is 0 Å². The molecular weight excluding hydrogens is 136 g/mol. The molecule has 0 bridgehead atoms. The molecule has 1 heterocycles. The van der Waals surface area contributed by atoms with Crippen LogP contribution < -0.4 is 0 Å². The highest BCUT2D eigenvalue weighted by molar-refractivity contribution is 6.14. The van der Waals surface area contributed by atoms with E-state index in [2.05, 4.69) is 11.5 Å². The predicted molar refractivity (Wildman–Crippen MR) is 38.6 cm³/mol. The van der Waals surface area contributed by atoms with Gasteiger partial charge in [0.05, 0.1) is 0 Å². The molecule has 0 aromatic carbocycles. The molecule has 0 spiro atoms. The molecular formula is C6H9ClN2. The van der Waals surface area contributed by atoms with E-state index in [1.54, 1.807) is 4.42 Å². The quantitative estimate of drug-likeness (QED) is 0.427. The summed E-state index contributed by atoms with van der Waals surface area (Å²) in [5.41, 5.74) is 0. The lowest BCUT2D eigenvalue weighted by atomic mass is 10.6. The van der Waals surface area contributed by atoms with Gasteiger partial charge in [-0.15, -0.1) is 6.58 Å². The zero-order valence-electron chi connectivity index (χ0n) is 5.13. The molecule has 1 aliphatic heterocycles. The monoisotopic (exact) mass is 144 g/mol. The standard InChI is InChI=1S/C6H9ClN2/c1-2-3-8-4-5-9(7)6-8/h2,4-5H,1,3,6H2. The molecule has 0 fully saturated rings. The second-order valence-corrected chi connectivity index (χ2v) is 2.33. The second kappa shape index (κ2) is 2.78. The van der Waals surface area contributed by atoms with Crippen LogP contribution in [0.25, 0.3) is 0 Å². The van der Waals surface area contributed by atoms with Gasteiger partial charge in [0.2, 0.25) is 0 Å². The largest absolute Gasteiger partial charge is 0.354 e. The number of hydrogen-bond acceptors (Lipinski definition) is 2. The SMILES string of the molecule is C=CCN1C=CN(Cl)C1. The summed E-state index contributed by atoms with van der Waals surface area (Å²) in [6.45, 7) is 5.23. The van der Waals surface area contributed by atoms with Crippen molar-refractivity contribution in [2.24, 2.45) is 0 Å². The van der Waals surface area contributed by atoms with Crippen molar-refractivity contribution in [3.63, 3.8) is 0 Å². The first-order chi connectivity index (χ1) is 4.33. The Morgan fingerprint density at radius 2 is 2.44 bits per heavy atom. The van der Waals surface area contributed by atoms with Crippen LogP contribution in [0, 0.1) is 0 Å². The van der Waals surface area contributed by atoms with Gasteiger partial charge in [-0.1, -0.05) is 6.08 Å². The summed E-state index contributed by atoms with van der Waals surface area (Å²) < 4.78 is 1.60. The molecule has 0 radical (unpaired) electrons. The molecule has 0 aromatic heterocycles. The van der Waals surface area contributed by atoms with Crippen molar-refractivity contribution in [1.82, 2.24) is 9.32 Å². The Morgan fingerprint density at radius 1 is 1.67 bits per heavy atom. The normalized spacial score (nSPS) is 17.0. The number of rotatable bonds is 2. The van der Waals surface area contributed by atoms with Crippen molar-refractivity contribution in [3.05, 3.63) is 25.1 Å². The maximum atomic E-state index is 5.61. The zero-order valence-corrected chi connectivity index (χ0v) is 5.88. The smallest absolute Gasteiger partial charge is 0.105 e. The van der Waals surface area contributed by atoms with Crippen molar-refractivity contribution in [2.45, 2.75) is 0 Å². The molecule has 0 atom stereocenters. The second-order valence-electron chi connectivity index (χ2n) is 1.90. The van der Waals surface area contributed by atoms with Gasteiger partial charge >= 0.3 is 0 Å². The van der Waals surface area contributed by atoms with Crippen molar-refractivity contribution < 1.29 is 0 Å². The van der Waals surface area contributed by atoms with E-state index in [4.69, 9.17) is 11.8 Å². The number of halogens is 1. The summed E-state index contributed by atoms with van der Waals surface area (Å²) in [6.07, 6.45) is 5.61. The summed E-state index contributed by atoms with van der Waals surface area (Å²) in [7, 11) is 0. The van der Waals surface area contributed by atoms with Crippen molar-refractivity contribution in [3.8, 4) is 0 Å². The molecule has 1 aliphatic rings. The van der Waals surface area contributed by atoms with Crippen molar-refractivity contribution >= 4 is 11.8 Å². The van der Waals surface area contributed by atoms with Crippen LogP contribution in [-0.2, 0) is 0 Å². The number of hydrogen-bond donors (Lipinski definition) is 0. The fourth-order valence-corrected chi connectivity index (χ4v) is 0.907. The van der Waals surface area contributed by atoms with Crippen LogP contribution in [0.15, 0.2) is 25.1 Å². The van der Waals surface area contributed by atoms with Crippen LogP contribution in [0.2, 0.25) is 0 Å². The lowest BCUT2D eigenvalue weighted by Gasteiger charge is -2.13. The minimum Gasteiger partial charge on any atom is -0.354 e. The Labute approximate surface area is 60.1 Å². The Bertz CT molecular complexity index is 133. The first-order valence-corrected chi connectivity index (χ1v) is 3.12. The van der Waals surface area contributed by atoms with Gasteiger partial charge in [-0.2, -0.15) is 0 Å². The summed E-state index contributed by atoms with van der Waals surface area (Å²) in [5, 5.41) is 0. The zero-order chi connectivity index (χ0) is 6.69. The Hall–Kier alpha value is -0.630. The van der Waals surface area contributed by atoms with Gasteiger partial charge in [-0.25, -0.2) is 0 Å².